The highest BCUT2D eigenvalue weighted by Gasteiger charge is 2.53. The fraction of sp³-hybridized carbons (Fsp3) is 0.750. The molecule has 0 atom stereocenters. The average molecular weight is 284 g/mol. The van der Waals surface area contributed by atoms with E-state index in [-0.39, 0.29) is 16.1 Å². The van der Waals surface area contributed by atoms with Gasteiger partial charge in [0.1, 0.15) is 4.90 Å². The van der Waals surface area contributed by atoms with Gasteiger partial charge in [-0.1, -0.05) is 0 Å². The standard InChI is InChI=1S/C12H20N4O2S/c1-2-16-7-10(11(13)15-16)19(17,18)14-8-12(5-6-12)9-3-4-9/h7,9,14H,2-6,8H2,1H3,(H2,13,15). The minimum absolute atomic E-state index is 0.0746. The topological polar surface area (TPSA) is 90.0 Å². The van der Waals surface area contributed by atoms with Crippen LogP contribution < -0.4 is 10.5 Å². The van der Waals surface area contributed by atoms with Gasteiger partial charge in [0, 0.05) is 19.3 Å². The van der Waals surface area contributed by atoms with E-state index in [0.29, 0.717) is 13.1 Å². The third-order valence-electron chi connectivity index (χ3n) is 4.32. The molecule has 1 aromatic rings. The fourth-order valence-electron chi connectivity index (χ4n) is 2.69. The van der Waals surface area contributed by atoms with Crippen molar-refractivity contribution < 1.29 is 8.42 Å². The predicted octanol–water partition coefficient (Wildman–Crippen LogP) is 0.954. The first-order valence-corrected chi connectivity index (χ1v) is 8.28. The average Bonchev–Trinajstić information content (AvgIpc) is 3.24. The number of hydrogen-bond donors (Lipinski definition) is 2. The second-order valence-electron chi connectivity index (χ2n) is 5.70. The van der Waals surface area contributed by atoms with Gasteiger partial charge in [0.05, 0.1) is 0 Å². The Balaban J connectivity index is 1.73. The number of rotatable bonds is 6. The highest BCUT2D eigenvalue weighted by Crippen LogP contribution is 2.60. The highest BCUT2D eigenvalue weighted by molar-refractivity contribution is 7.89. The van der Waals surface area contributed by atoms with E-state index in [1.807, 2.05) is 6.92 Å². The van der Waals surface area contributed by atoms with Gasteiger partial charge < -0.3 is 5.73 Å². The first-order valence-electron chi connectivity index (χ1n) is 6.79. The lowest BCUT2D eigenvalue weighted by atomic mass is 10.0. The molecule has 2 fully saturated rings. The molecule has 0 radical (unpaired) electrons. The number of hydrogen-bond acceptors (Lipinski definition) is 4. The van der Waals surface area contributed by atoms with Gasteiger partial charge in [-0.3, -0.25) is 4.68 Å². The molecule has 0 amide bonds. The number of nitrogens with one attached hydrogen (secondary N) is 1. The Hall–Kier alpha value is -1.08. The van der Waals surface area contributed by atoms with E-state index in [2.05, 4.69) is 9.82 Å². The molecule has 7 heteroatoms. The first-order chi connectivity index (χ1) is 8.97. The number of sulfonamides is 1. The smallest absolute Gasteiger partial charge is 0.245 e. The molecule has 106 valence electrons. The molecule has 0 saturated heterocycles. The summed E-state index contributed by atoms with van der Waals surface area (Å²) >= 11 is 0. The summed E-state index contributed by atoms with van der Waals surface area (Å²) in [5.74, 6) is 0.802. The third-order valence-corrected chi connectivity index (χ3v) is 5.74. The largest absolute Gasteiger partial charge is 0.381 e. The zero-order valence-electron chi connectivity index (χ0n) is 11.1. The molecule has 2 aliphatic carbocycles. The second-order valence-corrected chi connectivity index (χ2v) is 7.43. The molecule has 6 nitrogen and oxygen atoms in total. The molecule has 3 rings (SSSR count). The van der Waals surface area contributed by atoms with Crippen LogP contribution in [0, 0.1) is 11.3 Å². The van der Waals surface area contributed by atoms with Crippen LogP contribution in [0.15, 0.2) is 11.1 Å². The number of anilines is 1. The minimum atomic E-state index is -3.54. The maximum Gasteiger partial charge on any atom is 0.245 e. The SMILES string of the molecule is CCn1cc(S(=O)(=O)NCC2(C3CC3)CC2)c(N)n1. The Labute approximate surface area is 113 Å². The molecule has 0 aliphatic heterocycles. The Kier molecular flexibility index (Phi) is 2.86. The summed E-state index contributed by atoms with van der Waals surface area (Å²) in [7, 11) is -3.54. The highest BCUT2D eigenvalue weighted by atomic mass is 32.2. The van der Waals surface area contributed by atoms with E-state index < -0.39 is 10.0 Å². The maximum absolute atomic E-state index is 12.3. The Bertz CT molecular complexity index is 585. The molecule has 3 N–H and O–H groups in total. The van der Waals surface area contributed by atoms with E-state index in [0.717, 1.165) is 18.8 Å². The molecule has 2 saturated carbocycles. The van der Waals surface area contributed by atoms with E-state index in [1.54, 1.807) is 0 Å². The van der Waals surface area contributed by atoms with E-state index >= 15 is 0 Å². The van der Waals surface area contributed by atoms with Crippen LogP contribution in [0.2, 0.25) is 0 Å². The lowest BCUT2D eigenvalue weighted by Gasteiger charge is -2.14. The zero-order chi connectivity index (χ0) is 13.7. The normalized spacial score (nSPS) is 21.5. The lowest BCUT2D eigenvalue weighted by Crippen LogP contribution is -2.31. The van der Waals surface area contributed by atoms with Crippen LogP contribution in [-0.4, -0.2) is 24.7 Å². The summed E-state index contributed by atoms with van der Waals surface area (Å²) in [6.45, 7) is 3.03. The summed E-state index contributed by atoms with van der Waals surface area (Å²) in [4.78, 5) is 0.0981. The molecular formula is C12H20N4O2S. The van der Waals surface area contributed by atoms with E-state index in [1.165, 1.54) is 23.7 Å². The third kappa shape index (κ3) is 2.36. The monoisotopic (exact) mass is 284 g/mol. The first kappa shape index (κ1) is 12.9. The molecule has 2 aliphatic rings. The van der Waals surface area contributed by atoms with Crippen LogP contribution in [0.1, 0.15) is 32.6 Å². The maximum atomic E-state index is 12.3. The molecule has 1 aromatic heterocycles. The van der Waals surface area contributed by atoms with Crippen molar-refractivity contribution in [2.45, 2.75) is 44.0 Å². The Morgan fingerprint density at radius 3 is 2.68 bits per heavy atom. The van der Waals surface area contributed by atoms with Gasteiger partial charge in [0.25, 0.3) is 0 Å². The van der Waals surface area contributed by atoms with Crippen LogP contribution in [-0.2, 0) is 16.6 Å². The summed E-state index contributed by atoms with van der Waals surface area (Å²) < 4.78 is 28.8. The van der Waals surface area contributed by atoms with Gasteiger partial charge in [-0.05, 0) is 43.9 Å². The van der Waals surface area contributed by atoms with Gasteiger partial charge in [-0.15, -0.1) is 0 Å². The summed E-state index contributed by atoms with van der Waals surface area (Å²) in [5, 5.41) is 3.98. The minimum Gasteiger partial charge on any atom is -0.381 e. The fourth-order valence-corrected chi connectivity index (χ4v) is 3.90. The number of aryl methyl sites for hydroxylation is 1. The number of nitrogens with two attached hydrogens (primary N) is 1. The molecule has 0 unspecified atom stereocenters. The van der Waals surface area contributed by atoms with Gasteiger partial charge >= 0.3 is 0 Å². The lowest BCUT2D eigenvalue weighted by molar-refractivity contribution is 0.432. The van der Waals surface area contributed by atoms with Crippen molar-refractivity contribution in [3.05, 3.63) is 6.20 Å². The molecular weight excluding hydrogens is 264 g/mol. The van der Waals surface area contributed by atoms with Crippen molar-refractivity contribution in [2.24, 2.45) is 11.3 Å². The number of nitrogens with zero attached hydrogens (tertiary/aromatic N) is 2. The van der Waals surface area contributed by atoms with E-state index in [4.69, 9.17) is 5.73 Å². The molecule has 0 spiro atoms. The molecule has 1 heterocycles. The number of aromatic nitrogens is 2. The number of nitrogen functional groups attached to an aromatic ring is 1. The van der Waals surface area contributed by atoms with Crippen molar-refractivity contribution in [3.8, 4) is 0 Å². The summed E-state index contributed by atoms with van der Waals surface area (Å²) in [5.41, 5.74) is 5.92. The van der Waals surface area contributed by atoms with Crippen LogP contribution in [0.3, 0.4) is 0 Å². The zero-order valence-corrected chi connectivity index (χ0v) is 11.9. The molecule has 19 heavy (non-hydrogen) atoms. The van der Waals surface area contributed by atoms with Crippen LogP contribution in [0.4, 0.5) is 5.82 Å². The van der Waals surface area contributed by atoms with Gasteiger partial charge in [0.15, 0.2) is 5.82 Å². The van der Waals surface area contributed by atoms with Gasteiger partial charge in [-0.25, -0.2) is 13.1 Å². The van der Waals surface area contributed by atoms with E-state index in [9.17, 15) is 8.42 Å². The van der Waals surface area contributed by atoms with Crippen molar-refractivity contribution >= 4 is 15.8 Å². The quantitative estimate of drug-likeness (QED) is 0.814. The molecule has 0 aromatic carbocycles. The van der Waals surface area contributed by atoms with Crippen molar-refractivity contribution in [3.63, 3.8) is 0 Å². The predicted molar refractivity (Wildman–Crippen MR) is 71.9 cm³/mol. The van der Waals surface area contributed by atoms with Crippen molar-refractivity contribution in [2.75, 3.05) is 12.3 Å². The van der Waals surface area contributed by atoms with Crippen molar-refractivity contribution in [1.29, 1.82) is 0 Å². The summed E-state index contributed by atoms with van der Waals surface area (Å²) in [6, 6.07) is 0. The van der Waals surface area contributed by atoms with Crippen LogP contribution in [0.5, 0.6) is 0 Å². The van der Waals surface area contributed by atoms with Gasteiger partial charge in [-0.2, -0.15) is 5.10 Å². The Morgan fingerprint density at radius 2 is 2.21 bits per heavy atom. The van der Waals surface area contributed by atoms with Crippen LogP contribution >= 0.6 is 0 Å². The second kappa shape index (κ2) is 4.21. The Morgan fingerprint density at radius 1 is 1.53 bits per heavy atom. The summed E-state index contributed by atoms with van der Waals surface area (Å²) in [6.07, 6.45) is 6.28. The van der Waals surface area contributed by atoms with Gasteiger partial charge in [0.2, 0.25) is 10.0 Å². The molecule has 0 bridgehead atoms. The van der Waals surface area contributed by atoms with Crippen LogP contribution in [0.25, 0.3) is 0 Å². The van der Waals surface area contributed by atoms with Crippen molar-refractivity contribution in [1.82, 2.24) is 14.5 Å².